The van der Waals surface area contributed by atoms with Gasteiger partial charge in [0.1, 0.15) is 17.7 Å². The van der Waals surface area contributed by atoms with Crippen molar-refractivity contribution in [3.05, 3.63) is 54.1 Å². The second-order valence-electron chi connectivity index (χ2n) is 14.7. The third kappa shape index (κ3) is 16.2. The molecule has 0 saturated carbocycles. The summed E-state index contributed by atoms with van der Waals surface area (Å²) in [6.07, 6.45) is 1.57. The van der Waals surface area contributed by atoms with Crippen molar-refractivity contribution in [2.75, 3.05) is 6.61 Å². The van der Waals surface area contributed by atoms with E-state index in [1.807, 2.05) is 71.9 Å². The van der Waals surface area contributed by atoms with Crippen molar-refractivity contribution in [1.29, 1.82) is 0 Å². The van der Waals surface area contributed by atoms with Gasteiger partial charge in [0.05, 0.1) is 30.8 Å². The molecule has 0 aliphatic heterocycles. The number of amides is 4. The maximum absolute atomic E-state index is 14.0. The second-order valence-corrected chi connectivity index (χ2v) is 14.7. The molecule has 13 nitrogen and oxygen atoms in total. The quantitative estimate of drug-likeness (QED) is 0.134. The minimum Gasteiger partial charge on any atom is -0.449 e. The van der Waals surface area contributed by atoms with E-state index in [4.69, 9.17) is 9.47 Å². The minimum atomic E-state index is -1.10. The Kier molecular flexibility index (Phi) is 16.6. The first-order valence-electron chi connectivity index (χ1n) is 17.2. The number of imidazole rings is 1. The smallest absolute Gasteiger partial charge is 0.408 e. The fourth-order valence-electron chi connectivity index (χ4n) is 5.06. The van der Waals surface area contributed by atoms with Crippen molar-refractivity contribution in [3.63, 3.8) is 0 Å². The summed E-state index contributed by atoms with van der Waals surface area (Å²) in [5.41, 5.74) is 0.545. The molecule has 4 amide bonds. The van der Waals surface area contributed by atoms with Crippen LogP contribution in [0.2, 0.25) is 0 Å². The van der Waals surface area contributed by atoms with Crippen LogP contribution in [0.15, 0.2) is 42.9 Å². The molecule has 0 radical (unpaired) electrons. The highest BCUT2D eigenvalue weighted by atomic mass is 16.6. The number of H-pyrrole nitrogens is 1. The molecule has 0 aliphatic carbocycles. The summed E-state index contributed by atoms with van der Waals surface area (Å²) in [5.74, 6) is -0.856. The van der Waals surface area contributed by atoms with Crippen molar-refractivity contribution in [2.24, 2.45) is 17.8 Å². The second kappa shape index (κ2) is 19.8. The van der Waals surface area contributed by atoms with Crippen LogP contribution < -0.4 is 21.3 Å². The topological polar surface area (TPSA) is 184 Å². The highest BCUT2D eigenvalue weighted by Gasteiger charge is 2.33. The van der Waals surface area contributed by atoms with Crippen LogP contribution in [0.5, 0.6) is 0 Å². The van der Waals surface area contributed by atoms with Gasteiger partial charge in [-0.3, -0.25) is 9.59 Å². The van der Waals surface area contributed by atoms with Gasteiger partial charge in [0.2, 0.25) is 11.8 Å². The number of aliphatic hydroxyl groups is 1. The molecule has 13 heteroatoms. The molecule has 0 fully saturated rings. The van der Waals surface area contributed by atoms with Gasteiger partial charge >= 0.3 is 12.2 Å². The van der Waals surface area contributed by atoms with Crippen LogP contribution in [-0.2, 0) is 31.9 Å². The lowest BCUT2D eigenvalue weighted by Crippen LogP contribution is -2.58. The van der Waals surface area contributed by atoms with E-state index >= 15 is 0 Å². The number of aromatic amines is 1. The molecule has 274 valence electrons. The van der Waals surface area contributed by atoms with Gasteiger partial charge in [-0.2, -0.15) is 0 Å². The van der Waals surface area contributed by atoms with Crippen LogP contribution in [0.25, 0.3) is 0 Å². The monoisotopic (exact) mass is 686 g/mol. The van der Waals surface area contributed by atoms with Gasteiger partial charge in [0, 0.05) is 25.1 Å². The Hall–Kier alpha value is -4.13. The summed E-state index contributed by atoms with van der Waals surface area (Å²) >= 11 is 0. The van der Waals surface area contributed by atoms with Crippen LogP contribution in [0.1, 0.15) is 86.4 Å². The molecule has 0 saturated heterocycles. The number of nitrogens with zero attached hydrogens (tertiary/aromatic N) is 1. The number of alkyl carbamates (subject to hydrolysis) is 2. The Morgan fingerprint density at radius 1 is 0.796 bits per heavy atom. The summed E-state index contributed by atoms with van der Waals surface area (Å²) in [6, 6.07) is 5.93. The predicted octanol–water partition coefficient (Wildman–Crippen LogP) is 4.26. The highest BCUT2D eigenvalue weighted by molar-refractivity contribution is 5.91. The van der Waals surface area contributed by atoms with E-state index < -0.39 is 59.9 Å². The van der Waals surface area contributed by atoms with Crippen LogP contribution in [0.4, 0.5) is 9.59 Å². The SMILES string of the molecule is CC(C)COC(=O)N[C@@H](C[C@H](O)[C@H](CC(C)C)NC(=O)[C@H](Cc1c[nH]cn1)NC(=O)[C@H](Cc1ccccc1)NC(=O)OC(C)(C)C)C(C)C. The molecule has 49 heavy (non-hydrogen) atoms. The lowest BCUT2D eigenvalue weighted by Gasteiger charge is -2.32. The van der Waals surface area contributed by atoms with E-state index in [-0.39, 0.29) is 43.6 Å². The van der Waals surface area contributed by atoms with Gasteiger partial charge in [-0.15, -0.1) is 0 Å². The van der Waals surface area contributed by atoms with Gasteiger partial charge in [-0.05, 0) is 56.9 Å². The molecule has 0 aliphatic rings. The summed E-state index contributed by atoms with van der Waals surface area (Å²) in [5, 5.41) is 22.8. The Morgan fingerprint density at radius 3 is 1.98 bits per heavy atom. The van der Waals surface area contributed by atoms with Crippen molar-refractivity contribution in [3.8, 4) is 0 Å². The number of rotatable bonds is 18. The van der Waals surface area contributed by atoms with E-state index in [0.717, 1.165) is 5.56 Å². The van der Waals surface area contributed by atoms with Crippen molar-refractivity contribution < 1.29 is 33.8 Å². The van der Waals surface area contributed by atoms with Crippen LogP contribution in [0, 0.1) is 17.8 Å². The highest BCUT2D eigenvalue weighted by Crippen LogP contribution is 2.17. The average molecular weight is 687 g/mol. The molecule has 5 atom stereocenters. The first-order chi connectivity index (χ1) is 22.9. The first kappa shape index (κ1) is 41.0. The zero-order valence-corrected chi connectivity index (χ0v) is 30.5. The maximum Gasteiger partial charge on any atom is 0.408 e. The Balaban J connectivity index is 2.29. The van der Waals surface area contributed by atoms with Crippen LogP contribution in [0.3, 0.4) is 0 Å². The molecule has 1 aromatic heterocycles. The van der Waals surface area contributed by atoms with Gasteiger partial charge in [0.25, 0.3) is 0 Å². The van der Waals surface area contributed by atoms with Crippen LogP contribution >= 0.6 is 0 Å². The Bertz CT molecular complexity index is 1290. The van der Waals surface area contributed by atoms with Gasteiger partial charge in [-0.1, -0.05) is 71.9 Å². The van der Waals surface area contributed by atoms with E-state index in [1.165, 1.54) is 6.33 Å². The number of ether oxygens (including phenoxy) is 2. The number of aromatic nitrogens is 2. The van der Waals surface area contributed by atoms with E-state index in [9.17, 15) is 24.3 Å². The molecule has 2 aromatic rings. The van der Waals surface area contributed by atoms with E-state index in [1.54, 1.807) is 27.0 Å². The molecular weight excluding hydrogens is 628 g/mol. The van der Waals surface area contributed by atoms with Gasteiger partial charge in [0.15, 0.2) is 0 Å². The fraction of sp³-hybridized carbons (Fsp3) is 0.639. The van der Waals surface area contributed by atoms with E-state index in [0.29, 0.717) is 12.1 Å². The average Bonchev–Trinajstić information content (AvgIpc) is 3.51. The van der Waals surface area contributed by atoms with Crippen molar-refractivity contribution >= 4 is 24.0 Å². The molecule has 0 unspecified atom stereocenters. The lowest BCUT2D eigenvalue weighted by molar-refractivity contribution is -0.131. The predicted molar refractivity (Wildman–Crippen MR) is 187 cm³/mol. The minimum absolute atomic E-state index is 0.0256. The molecule has 1 heterocycles. The summed E-state index contributed by atoms with van der Waals surface area (Å²) in [6.45, 7) is 17.2. The first-order valence-corrected chi connectivity index (χ1v) is 17.2. The van der Waals surface area contributed by atoms with E-state index in [2.05, 4.69) is 31.2 Å². The Morgan fingerprint density at radius 2 is 1.43 bits per heavy atom. The number of nitrogens with one attached hydrogen (secondary N) is 5. The molecule has 1 aromatic carbocycles. The molecule has 6 N–H and O–H groups in total. The Labute approximate surface area is 291 Å². The zero-order valence-electron chi connectivity index (χ0n) is 30.5. The normalized spacial score (nSPS) is 14.8. The lowest BCUT2D eigenvalue weighted by atomic mass is 9.90. The van der Waals surface area contributed by atoms with Crippen LogP contribution in [-0.4, -0.2) is 81.6 Å². The summed E-state index contributed by atoms with van der Waals surface area (Å²) in [4.78, 5) is 60.1. The summed E-state index contributed by atoms with van der Waals surface area (Å²) < 4.78 is 10.7. The standard InChI is InChI=1S/C36H58N6O7/c1-22(2)15-28(31(43)18-27(24(5)6)41-34(46)48-20-23(3)4)39-33(45)30(17-26-19-37-21-38-26)40-32(44)29(16-25-13-11-10-12-14-25)42-35(47)49-36(7,8)9/h10-14,19,21-24,27-31,43H,15-18,20H2,1-9H3,(H,37,38)(H,39,45)(H,40,44)(H,41,46)(H,42,47)/t27-,28-,29-,30-,31-/m0/s1. The largest absolute Gasteiger partial charge is 0.449 e. The number of carbonyl (C=O) groups is 4. The van der Waals surface area contributed by atoms with Gasteiger partial charge in [-0.25, -0.2) is 14.6 Å². The fourth-order valence-corrected chi connectivity index (χ4v) is 5.06. The number of hydrogen-bond acceptors (Lipinski definition) is 8. The molecule has 2 rings (SSSR count). The molecule has 0 spiro atoms. The number of benzene rings is 1. The molecular formula is C36H58N6O7. The zero-order chi connectivity index (χ0) is 36.7. The maximum atomic E-state index is 14.0. The third-order valence-corrected chi connectivity index (χ3v) is 7.56. The number of hydrogen-bond donors (Lipinski definition) is 6. The summed E-state index contributed by atoms with van der Waals surface area (Å²) in [7, 11) is 0. The third-order valence-electron chi connectivity index (χ3n) is 7.56. The molecule has 0 bridgehead atoms. The number of aliphatic hydroxyl groups excluding tert-OH is 1. The van der Waals surface area contributed by atoms with Crippen molar-refractivity contribution in [2.45, 2.75) is 124 Å². The van der Waals surface area contributed by atoms with Gasteiger partial charge < -0.3 is 40.8 Å². The van der Waals surface area contributed by atoms with Crippen molar-refractivity contribution in [1.82, 2.24) is 31.2 Å². The number of carbonyl (C=O) groups excluding carboxylic acids is 4.